The summed E-state index contributed by atoms with van der Waals surface area (Å²) in [5.74, 6) is 1.50. The standard InChI is InChI=1S/C19H19N5/c1-2-6-15(7-3-1)17-11-18(22-16-8-9-16)24-19(23-17)21-13-14-5-4-10-20-12-14/h1-7,10-12,16H,8-9,13H2,(H2,21,22,23,24). The first-order valence-corrected chi connectivity index (χ1v) is 8.21. The smallest absolute Gasteiger partial charge is 0.225 e. The first-order chi connectivity index (χ1) is 11.9. The highest BCUT2D eigenvalue weighted by Gasteiger charge is 2.22. The van der Waals surface area contributed by atoms with Gasteiger partial charge in [0.1, 0.15) is 5.82 Å². The number of hydrogen-bond acceptors (Lipinski definition) is 5. The Kier molecular flexibility index (Phi) is 4.06. The van der Waals surface area contributed by atoms with E-state index in [-0.39, 0.29) is 0 Å². The first kappa shape index (κ1) is 14.6. The highest BCUT2D eigenvalue weighted by Crippen LogP contribution is 2.27. The lowest BCUT2D eigenvalue weighted by Gasteiger charge is -2.11. The van der Waals surface area contributed by atoms with Crippen molar-refractivity contribution in [2.24, 2.45) is 0 Å². The van der Waals surface area contributed by atoms with Gasteiger partial charge in [0.15, 0.2) is 0 Å². The molecule has 4 rings (SSSR count). The van der Waals surface area contributed by atoms with E-state index in [0.717, 1.165) is 22.6 Å². The second kappa shape index (κ2) is 6.66. The van der Waals surface area contributed by atoms with Gasteiger partial charge in [-0.2, -0.15) is 4.98 Å². The van der Waals surface area contributed by atoms with Gasteiger partial charge in [-0.25, -0.2) is 4.98 Å². The number of nitrogens with zero attached hydrogens (tertiary/aromatic N) is 3. The molecule has 1 aromatic carbocycles. The van der Waals surface area contributed by atoms with E-state index in [4.69, 9.17) is 0 Å². The second-order valence-electron chi connectivity index (χ2n) is 5.96. The summed E-state index contributed by atoms with van der Waals surface area (Å²) in [4.78, 5) is 13.4. The molecule has 2 N–H and O–H groups in total. The van der Waals surface area contributed by atoms with Crippen molar-refractivity contribution in [1.82, 2.24) is 15.0 Å². The third-order valence-electron chi connectivity index (χ3n) is 3.90. The summed E-state index contributed by atoms with van der Waals surface area (Å²) in [6.45, 7) is 0.648. The Morgan fingerprint density at radius 2 is 1.88 bits per heavy atom. The number of hydrogen-bond donors (Lipinski definition) is 2. The average Bonchev–Trinajstić information content (AvgIpc) is 3.45. The Labute approximate surface area is 141 Å². The van der Waals surface area contributed by atoms with Gasteiger partial charge >= 0.3 is 0 Å². The molecule has 2 aromatic heterocycles. The highest BCUT2D eigenvalue weighted by molar-refractivity contribution is 5.64. The van der Waals surface area contributed by atoms with Gasteiger partial charge in [0.25, 0.3) is 0 Å². The number of pyridine rings is 1. The predicted octanol–water partition coefficient (Wildman–Crippen LogP) is 3.73. The molecule has 0 unspecified atom stereocenters. The summed E-state index contributed by atoms with van der Waals surface area (Å²) in [5.41, 5.74) is 3.11. The quantitative estimate of drug-likeness (QED) is 0.725. The van der Waals surface area contributed by atoms with E-state index in [0.29, 0.717) is 18.5 Å². The number of aromatic nitrogens is 3. The minimum absolute atomic E-state index is 0.551. The van der Waals surface area contributed by atoms with Crippen LogP contribution in [0.4, 0.5) is 11.8 Å². The molecule has 0 aliphatic heterocycles. The molecule has 2 heterocycles. The maximum Gasteiger partial charge on any atom is 0.225 e. The topological polar surface area (TPSA) is 62.7 Å². The highest BCUT2D eigenvalue weighted by atomic mass is 15.2. The van der Waals surface area contributed by atoms with E-state index < -0.39 is 0 Å². The summed E-state index contributed by atoms with van der Waals surface area (Å²) >= 11 is 0. The molecule has 5 nitrogen and oxygen atoms in total. The fourth-order valence-corrected chi connectivity index (χ4v) is 2.48. The van der Waals surface area contributed by atoms with E-state index in [1.165, 1.54) is 12.8 Å². The minimum Gasteiger partial charge on any atom is -0.367 e. The molecule has 1 saturated carbocycles. The van der Waals surface area contributed by atoms with Crippen molar-refractivity contribution in [2.75, 3.05) is 10.6 Å². The molecular weight excluding hydrogens is 298 g/mol. The Bertz CT molecular complexity index is 801. The third kappa shape index (κ3) is 3.68. The molecule has 1 aliphatic rings. The van der Waals surface area contributed by atoms with E-state index in [2.05, 4.69) is 37.7 Å². The van der Waals surface area contributed by atoms with E-state index in [9.17, 15) is 0 Å². The van der Waals surface area contributed by atoms with Crippen LogP contribution in [0.5, 0.6) is 0 Å². The van der Waals surface area contributed by atoms with Gasteiger partial charge in [0, 0.05) is 36.6 Å². The van der Waals surface area contributed by atoms with Gasteiger partial charge in [-0.3, -0.25) is 4.98 Å². The largest absolute Gasteiger partial charge is 0.367 e. The first-order valence-electron chi connectivity index (χ1n) is 8.21. The molecule has 0 amide bonds. The van der Waals surface area contributed by atoms with Gasteiger partial charge in [0.05, 0.1) is 5.69 Å². The van der Waals surface area contributed by atoms with Crippen molar-refractivity contribution < 1.29 is 0 Å². The molecule has 1 aliphatic carbocycles. The van der Waals surface area contributed by atoms with Crippen molar-refractivity contribution in [3.05, 3.63) is 66.5 Å². The normalized spacial score (nSPS) is 13.5. The zero-order valence-electron chi connectivity index (χ0n) is 13.3. The van der Waals surface area contributed by atoms with Crippen LogP contribution in [0.1, 0.15) is 18.4 Å². The molecule has 1 fully saturated rings. The van der Waals surface area contributed by atoms with Crippen LogP contribution in [0.25, 0.3) is 11.3 Å². The molecular formula is C19H19N5. The van der Waals surface area contributed by atoms with Crippen molar-refractivity contribution >= 4 is 11.8 Å². The molecule has 0 spiro atoms. The molecule has 3 aromatic rings. The Morgan fingerprint density at radius 1 is 1.00 bits per heavy atom. The minimum atomic E-state index is 0.551. The lowest BCUT2D eigenvalue weighted by atomic mass is 10.1. The van der Waals surface area contributed by atoms with Crippen LogP contribution in [0.2, 0.25) is 0 Å². The zero-order chi connectivity index (χ0) is 16.2. The number of benzene rings is 1. The molecule has 0 bridgehead atoms. The lowest BCUT2D eigenvalue weighted by molar-refractivity contribution is 1.03. The van der Waals surface area contributed by atoms with Gasteiger partial charge in [-0.05, 0) is 24.5 Å². The van der Waals surface area contributed by atoms with Gasteiger partial charge < -0.3 is 10.6 Å². The number of nitrogens with one attached hydrogen (secondary N) is 2. The molecule has 5 heteroatoms. The van der Waals surface area contributed by atoms with Crippen LogP contribution in [0.3, 0.4) is 0 Å². The van der Waals surface area contributed by atoms with E-state index in [1.54, 1.807) is 6.20 Å². The van der Waals surface area contributed by atoms with Crippen molar-refractivity contribution in [3.63, 3.8) is 0 Å². The summed E-state index contributed by atoms with van der Waals surface area (Å²) < 4.78 is 0. The van der Waals surface area contributed by atoms with Crippen molar-refractivity contribution in [3.8, 4) is 11.3 Å². The summed E-state index contributed by atoms with van der Waals surface area (Å²) in [5, 5.41) is 6.76. The van der Waals surface area contributed by atoms with E-state index >= 15 is 0 Å². The Hall–Kier alpha value is -2.95. The fraction of sp³-hybridized carbons (Fsp3) is 0.211. The number of rotatable bonds is 6. The second-order valence-corrected chi connectivity index (χ2v) is 5.96. The molecule has 0 atom stereocenters. The van der Waals surface area contributed by atoms with Crippen LogP contribution in [-0.2, 0) is 6.54 Å². The molecule has 0 saturated heterocycles. The molecule has 24 heavy (non-hydrogen) atoms. The van der Waals surface area contributed by atoms with Gasteiger partial charge in [-0.15, -0.1) is 0 Å². The van der Waals surface area contributed by atoms with Gasteiger partial charge in [0.2, 0.25) is 5.95 Å². The fourth-order valence-electron chi connectivity index (χ4n) is 2.48. The monoisotopic (exact) mass is 317 g/mol. The van der Waals surface area contributed by atoms with Crippen molar-refractivity contribution in [2.45, 2.75) is 25.4 Å². The van der Waals surface area contributed by atoms with E-state index in [1.807, 2.05) is 42.6 Å². The molecule has 120 valence electrons. The van der Waals surface area contributed by atoms with Crippen LogP contribution in [-0.4, -0.2) is 21.0 Å². The summed E-state index contributed by atoms with van der Waals surface area (Å²) in [6, 6.07) is 16.7. The van der Waals surface area contributed by atoms with Crippen LogP contribution >= 0.6 is 0 Å². The lowest BCUT2D eigenvalue weighted by Crippen LogP contribution is -2.09. The predicted molar refractivity (Wildman–Crippen MR) is 95.7 cm³/mol. The van der Waals surface area contributed by atoms with Crippen LogP contribution in [0, 0.1) is 0 Å². The van der Waals surface area contributed by atoms with Gasteiger partial charge in [-0.1, -0.05) is 36.4 Å². The summed E-state index contributed by atoms with van der Waals surface area (Å²) in [6.07, 6.45) is 6.04. The average molecular weight is 317 g/mol. The van der Waals surface area contributed by atoms with Crippen molar-refractivity contribution in [1.29, 1.82) is 0 Å². The maximum absolute atomic E-state index is 4.66. The summed E-state index contributed by atoms with van der Waals surface area (Å²) in [7, 11) is 0. The SMILES string of the molecule is c1ccc(-c2cc(NC3CC3)nc(NCc3cccnc3)n2)cc1. The molecule has 0 radical (unpaired) electrons. The van der Waals surface area contributed by atoms with Crippen LogP contribution < -0.4 is 10.6 Å². The zero-order valence-corrected chi connectivity index (χ0v) is 13.3. The Balaban J connectivity index is 1.59. The Morgan fingerprint density at radius 3 is 2.62 bits per heavy atom. The number of anilines is 2. The maximum atomic E-state index is 4.66. The van der Waals surface area contributed by atoms with Crippen LogP contribution in [0.15, 0.2) is 60.9 Å². The third-order valence-corrected chi connectivity index (χ3v) is 3.90.